The topological polar surface area (TPSA) is 88.0 Å². The third kappa shape index (κ3) is 3.28. The van der Waals surface area contributed by atoms with Crippen molar-refractivity contribution < 1.29 is 4.79 Å². The number of aromatic amines is 1. The SMILES string of the molecule is CC(C)(C)c1ccc(CNC(=O)C2CC(N)C2)c(=O)[nH]1. The molecule has 0 atom stereocenters. The molecule has 0 spiro atoms. The van der Waals surface area contributed by atoms with E-state index in [-0.39, 0.29) is 35.4 Å². The Morgan fingerprint density at radius 1 is 1.40 bits per heavy atom. The highest BCUT2D eigenvalue weighted by Gasteiger charge is 2.31. The van der Waals surface area contributed by atoms with Gasteiger partial charge in [-0.2, -0.15) is 0 Å². The van der Waals surface area contributed by atoms with Crippen LogP contribution in [0.2, 0.25) is 0 Å². The van der Waals surface area contributed by atoms with Gasteiger partial charge >= 0.3 is 0 Å². The van der Waals surface area contributed by atoms with Crippen molar-refractivity contribution in [2.75, 3.05) is 0 Å². The van der Waals surface area contributed by atoms with Gasteiger partial charge in [0.05, 0.1) is 0 Å². The number of carbonyl (C=O) groups is 1. The molecule has 4 N–H and O–H groups in total. The monoisotopic (exact) mass is 277 g/mol. The Hall–Kier alpha value is -1.62. The van der Waals surface area contributed by atoms with Crippen molar-refractivity contribution in [3.05, 3.63) is 33.7 Å². The summed E-state index contributed by atoms with van der Waals surface area (Å²) in [5.41, 5.74) is 6.90. The Labute approximate surface area is 119 Å². The quantitative estimate of drug-likeness (QED) is 0.771. The zero-order valence-electron chi connectivity index (χ0n) is 12.3. The number of aromatic nitrogens is 1. The number of rotatable bonds is 3. The minimum Gasteiger partial charge on any atom is -0.352 e. The van der Waals surface area contributed by atoms with Gasteiger partial charge in [0, 0.05) is 35.2 Å². The highest BCUT2D eigenvalue weighted by atomic mass is 16.2. The van der Waals surface area contributed by atoms with Crippen molar-refractivity contribution in [3.8, 4) is 0 Å². The average molecular weight is 277 g/mol. The van der Waals surface area contributed by atoms with E-state index in [2.05, 4.69) is 10.3 Å². The van der Waals surface area contributed by atoms with Crippen LogP contribution in [0.4, 0.5) is 0 Å². The van der Waals surface area contributed by atoms with E-state index in [9.17, 15) is 9.59 Å². The van der Waals surface area contributed by atoms with Crippen molar-refractivity contribution in [1.82, 2.24) is 10.3 Å². The summed E-state index contributed by atoms with van der Waals surface area (Å²) in [5.74, 6) is 0.00364. The molecule has 1 aromatic heterocycles. The van der Waals surface area contributed by atoms with Crippen LogP contribution >= 0.6 is 0 Å². The first-order valence-electron chi connectivity index (χ1n) is 7.03. The summed E-state index contributed by atoms with van der Waals surface area (Å²) in [7, 11) is 0. The molecule has 0 radical (unpaired) electrons. The maximum Gasteiger partial charge on any atom is 0.253 e. The van der Waals surface area contributed by atoms with E-state index in [0.29, 0.717) is 5.56 Å². The number of nitrogens with one attached hydrogen (secondary N) is 2. The number of nitrogens with two attached hydrogens (primary N) is 1. The van der Waals surface area contributed by atoms with Crippen LogP contribution in [0, 0.1) is 5.92 Å². The Morgan fingerprint density at radius 2 is 2.05 bits per heavy atom. The number of H-pyrrole nitrogens is 1. The predicted octanol–water partition coefficient (Wildman–Crippen LogP) is 1.03. The average Bonchev–Trinajstić information content (AvgIpc) is 2.32. The van der Waals surface area contributed by atoms with Gasteiger partial charge in [-0.15, -0.1) is 0 Å². The van der Waals surface area contributed by atoms with Gasteiger partial charge in [-0.1, -0.05) is 20.8 Å². The van der Waals surface area contributed by atoms with Gasteiger partial charge in [-0.3, -0.25) is 9.59 Å². The van der Waals surface area contributed by atoms with Gasteiger partial charge in [-0.25, -0.2) is 0 Å². The molecule has 2 rings (SSSR count). The molecule has 1 saturated carbocycles. The second-order valence-electron chi connectivity index (χ2n) is 6.62. The molecule has 5 nitrogen and oxygen atoms in total. The fraction of sp³-hybridized carbons (Fsp3) is 0.600. The predicted molar refractivity (Wildman–Crippen MR) is 78.3 cm³/mol. The Kier molecular flexibility index (Phi) is 3.99. The molecule has 1 fully saturated rings. The molecular weight excluding hydrogens is 254 g/mol. The van der Waals surface area contributed by atoms with Crippen molar-refractivity contribution in [1.29, 1.82) is 0 Å². The van der Waals surface area contributed by atoms with Gasteiger partial charge < -0.3 is 16.0 Å². The summed E-state index contributed by atoms with van der Waals surface area (Å²) in [4.78, 5) is 26.7. The molecule has 1 heterocycles. The van der Waals surface area contributed by atoms with Crippen LogP contribution in [0.15, 0.2) is 16.9 Å². The molecule has 0 aliphatic heterocycles. The number of pyridine rings is 1. The summed E-state index contributed by atoms with van der Waals surface area (Å²) >= 11 is 0. The van der Waals surface area contributed by atoms with E-state index < -0.39 is 0 Å². The van der Waals surface area contributed by atoms with Crippen molar-refractivity contribution in [2.24, 2.45) is 11.7 Å². The van der Waals surface area contributed by atoms with Crippen LogP contribution in [0.5, 0.6) is 0 Å². The minimum absolute atomic E-state index is 0.00834. The summed E-state index contributed by atoms with van der Waals surface area (Å²) in [6.45, 7) is 6.39. The molecule has 1 aromatic rings. The van der Waals surface area contributed by atoms with Gasteiger partial charge in [0.1, 0.15) is 0 Å². The number of hydrogen-bond acceptors (Lipinski definition) is 3. The van der Waals surface area contributed by atoms with E-state index in [4.69, 9.17) is 5.73 Å². The van der Waals surface area contributed by atoms with Crippen LogP contribution in [0.3, 0.4) is 0 Å². The smallest absolute Gasteiger partial charge is 0.253 e. The molecule has 1 aliphatic rings. The third-order valence-corrected chi connectivity index (χ3v) is 3.80. The summed E-state index contributed by atoms with van der Waals surface area (Å²) in [5, 5.41) is 2.81. The maximum atomic E-state index is 12.0. The Bertz CT molecular complexity index is 551. The van der Waals surface area contributed by atoms with Gasteiger partial charge in [-0.05, 0) is 25.0 Å². The Balaban J connectivity index is 1.97. The van der Waals surface area contributed by atoms with Gasteiger partial charge in [0.25, 0.3) is 5.56 Å². The second-order valence-corrected chi connectivity index (χ2v) is 6.62. The van der Waals surface area contributed by atoms with Crippen molar-refractivity contribution >= 4 is 5.91 Å². The molecule has 0 aromatic carbocycles. The normalized spacial score (nSPS) is 22.2. The highest BCUT2D eigenvalue weighted by molar-refractivity contribution is 5.79. The van der Waals surface area contributed by atoms with E-state index in [1.165, 1.54) is 0 Å². The largest absolute Gasteiger partial charge is 0.352 e. The summed E-state index contributed by atoms with van der Waals surface area (Å²) < 4.78 is 0. The van der Waals surface area contributed by atoms with Crippen LogP contribution in [-0.4, -0.2) is 16.9 Å². The molecular formula is C15H23N3O2. The summed E-state index contributed by atoms with van der Waals surface area (Å²) in [6.07, 6.45) is 1.48. The van der Waals surface area contributed by atoms with E-state index in [1.807, 2.05) is 26.8 Å². The molecule has 110 valence electrons. The molecule has 0 unspecified atom stereocenters. The molecule has 0 bridgehead atoms. The highest BCUT2D eigenvalue weighted by Crippen LogP contribution is 2.25. The van der Waals surface area contributed by atoms with Crippen molar-refractivity contribution in [2.45, 2.75) is 51.6 Å². The molecule has 0 saturated heterocycles. The Morgan fingerprint density at radius 3 is 2.55 bits per heavy atom. The molecule has 1 aliphatic carbocycles. The first-order valence-corrected chi connectivity index (χ1v) is 7.03. The van der Waals surface area contributed by atoms with Gasteiger partial charge in [0.2, 0.25) is 5.91 Å². The zero-order chi connectivity index (χ0) is 14.9. The summed E-state index contributed by atoms with van der Waals surface area (Å²) in [6, 6.07) is 3.84. The lowest BCUT2D eigenvalue weighted by atomic mass is 9.80. The van der Waals surface area contributed by atoms with Crippen LogP contribution in [-0.2, 0) is 16.8 Å². The molecule has 1 amide bonds. The molecule has 5 heteroatoms. The number of carbonyl (C=O) groups excluding carboxylic acids is 1. The van der Waals surface area contributed by atoms with Crippen LogP contribution < -0.4 is 16.6 Å². The molecule has 20 heavy (non-hydrogen) atoms. The number of hydrogen-bond donors (Lipinski definition) is 3. The minimum atomic E-state index is -0.136. The fourth-order valence-corrected chi connectivity index (χ4v) is 2.28. The van der Waals surface area contributed by atoms with Crippen molar-refractivity contribution in [3.63, 3.8) is 0 Å². The maximum absolute atomic E-state index is 12.0. The third-order valence-electron chi connectivity index (χ3n) is 3.80. The second kappa shape index (κ2) is 5.40. The van der Waals surface area contributed by atoms with Crippen LogP contribution in [0.1, 0.15) is 44.9 Å². The fourth-order valence-electron chi connectivity index (χ4n) is 2.28. The lowest BCUT2D eigenvalue weighted by Gasteiger charge is -2.31. The first kappa shape index (κ1) is 14.8. The standard InChI is InChI=1S/C15H23N3O2/c1-15(2,3)12-5-4-9(14(20)18-12)8-17-13(19)10-6-11(16)7-10/h4-5,10-11H,6-8,16H2,1-3H3,(H,17,19)(H,18,20). The first-order chi connectivity index (χ1) is 9.27. The number of amides is 1. The van der Waals surface area contributed by atoms with E-state index in [0.717, 1.165) is 18.5 Å². The van der Waals surface area contributed by atoms with Gasteiger partial charge in [0.15, 0.2) is 0 Å². The zero-order valence-corrected chi connectivity index (χ0v) is 12.3. The lowest BCUT2D eigenvalue weighted by molar-refractivity contribution is -0.128. The van der Waals surface area contributed by atoms with E-state index >= 15 is 0 Å². The lowest BCUT2D eigenvalue weighted by Crippen LogP contribution is -2.45. The van der Waals surface area contributed by atoms with E-state index in [1.54, 1.807) is 6.07 Å². The van der Waals surface area contributed by atoms with Crippen LogP contribution in [0.25, 0.3) is 0 Å².